The zero-order valence-corrected chi connectivity index (χ0v) is 14.9. The number of aryl methyl sites for hydroxylation is 1. The molecule has 0 N–H and O–H groups in total. The Bertz CT molecular complexity index is 553. The Morgan fingerprint density at radius 3 is 2.59 bits per heavy atom. The van der Waals surface area contributed by atoms with Crippen molar-refractivity contribution in [2.45, 2.75) is 12.3 Å². The Labute approximate surface area is 137 Å². The zero-order chi connectivity index (χ0) is 12.6. The van der Waals surface area contributed by atoms with Crippen molar-refractivity contribution in [3.05, 3.63) is 52.6 Å². The standard InChI is InChI=1S/C12H8BrCl2IS/c1-6-4-8(13)12(17-6)11(15)7-2-3-10(16)9(14)5-7/h2-5,11H,1H3. The number of rotatable bonds is 2. The van der Waals surface area contributed by atoms with Crippen molar-refractivity contribution < 1.29 is 0 Å². The van der Waals surface area contributed by atoms with Gasteiger partial charge in [-0.2, -0.15) is 0 Å². The molecule has 0 radical (unpaired) electrons. The van der Waals surface area contributed by atoms with Gasteiger partial charge in [0.15, 0.2) is 0 Å². The van der Waals surface area contributed by atoms with Crippen molar-refractivity contribution in [1.82, 2.24) is 0 Å². The van der Waals surface area contributed by atoms with Crippen molar-refractivity contribution in [2.24, 2.45) is 0 Å². The third kappa shape index (κ3) is 3.18. The van der Waals surface area contributed by atoms with Crippen LogP contribution in [0.4, 0.5) is 0 Å². The third-order valence-electron chi connectivity index (χ3n) is 2.30. The predicted molar refractivity (Wildman–Crippen MR) is 88.6 cm³/mol. The van der Waals surface area contributed by atoms with Crippen molar-refractivity contribution in [3.63, 3.8) is 0 Å². The second kappa shape index (κ2) is 5.78. The fourth-order valence-corrected chi connectivity index (χ4v) is 4.42. The molecule has 1 atom stereocenters. The van der Waals surface area contributed by atoms with Gasteiger partial charge in [-0.15, -0.1) is 22.9 Å². The molecule has 2 aromatic rings. The molecular formula is C12H8BrCl2IS. The topological polar surface area (TPSA) is 0 Å². The molecule has 5 heteroatoms. The highest BCUT2D eigenvalue weighted by Gasteiger charge is 2.17. The molecule has 0 aliphatic carbocycles. The second-order valence-corrected chi connectivity index (χ2v) is 7.75. The van der Waals surface area contributed by atoms with Crippen LogP contribution >= 0.6 is 73.1 Å². The molecule has 17 heavy (non-hydrogen) atoms. The van der Waals surface area contributed by atoms with Gasteiger partial charge in [-0.1, -0.05) is 17.7 Å². The van der Waals surface area contributed by atoms with Crippen LogP contribution < -0.4 is 0 Å². The van der Waals surface area contributed by atoms with Gasteiger partial charge in [0.2, 0.25) is 0 Å². The lowest BCUT2D eigenvalue weighted by molar-refractivity contribution is 1.17. The first kappa shape index (κ1) is 14.1. The van der Waals surface area contributed by atoms with Crippen molar-refractivity contribution in [1.29, 1.82) is 0 Å². The first-order chi connectivity index (χ1) is 7.99. The van der Waals surface area contributed by atoms with E-state index in [0.29, 0.717) is 0 Å². The normalized spacial score (nSPS) is 12.8. The summed E-state index contributed by atoms with van der Waals surface area (Å²) in [7, 11) is 0. The van der Waals surface area contributed by atoms with Crippen LogP contribution in [-0.2, 0) is 0 Å². The largest absolute Gasteiger partial charge is 0.143 e. The van der Waals surface area contributed by atoms with Gasteiger partial charge in [0.1, 0.15) is 0 Å². The highest BCUT2D eigenvalue weighted by molar-refractivity contribution is 14.1. The summed E-state index contributed by atoms with van der Waals surface area (Å²) >= 11 is 20.1. The fourth-order valence-electron chi connectivity index (χ4n) is 1.50. The summed E-state index contributed by atoms with van der Waals surface area (Å²) in [4.78, 5) is 2.37. The van der Waals surface area contributed by atoms with Gasteiger partial charge in [-0.25, -0.2) is 0 Å². The van der Waals surface area contributed by atoms with Crippen LogP contribution in [0, 0.1) is 10.5 Å². The first-order valence-corrected chi connectivity index (χ1v) is 8.34. The lowest BCUT2D eigenvalue weighted by atomic mass is 10.1. The van der Waals surface area contributed by atoms with Crippen molar-refractivity contribution in [2.75, 3.05) is 0 Å². The quantitative estimate of drug-likeness (QED) is 0.358. The average molecular weight is 462 g/mol. The minimum Gasteiger partial charge on any atom is -0.143 e. The molecule has 1 unspecified atom stereocenters. The molecule has 0 spiro atoms. The molecule has 0 fully saturated rings. The Balaban J connectivity index is 2.40. The van der Waals surface area contributed by atoms with Crippen LogP contribution in [0.1, 0.15) is 20.7 Å². The van der Waals surface area contributed by atoms with E-state index in [4.69, 9.17) is 23.2 Å². The monoisotopic (exact) mass is 460 g/mol. The Morgan fingerprint density at radius 1 is 1.35 bits per heavy atom. The van der Waals surface area contributed by atoms with Crippen LogP contribution in [0.15, 0.2) is 28.7 Å². The summed E-state index contributed by atoms with van der Waals surface area (Å²) in [6, 6.07) is 8.03. The number of halogens is 4. The second-order valence-electron chi connectivity index (χ2n) is 3.61. The van der Waals surface area contributed by atoms with E-state index in [-0.39, 0.29) is 5.38 Å². The summed E-state index contributed by atoms with van der Waals surface area (Å²) in [6.07, 6.45) is 0. The van der Waals surface area contributed by atoms with E-state index in [1.54, 1.807) is 11.3 Å². The highest BCUT2D eigenvalue weighted by Crippen LogP contribution is 2.40. The maximum Gasteiger partial charge on any atom is 0.0939 e. The maximum absolute atomic E-state index is 6.49. The molecule has 0 nitrogen and oxygen atoms in total. The SMILES string of the molecule is Cc1cc(Br)c(C(Cl)c2ccc(I)c(Cl)c2)s1. The van der Waals surface area contributed by atoms with Gasteiger partial charge in [0.05, 0.1) is 10.4 Å². The predicted octanol–water partition coefficient (Wildman–Crippen LogP) is 6.41. The molecule has 0 saturated heterocycles. The summed E-state index contributed by atoms with van der Waals surface area (Å²) in [5.74, 6) is 0. The highest BCUT2D eigenvalue weighted by atomic mass is 127. The van der Waals surface area contributed by atoms with E-state index in [1.165, 1.54) is 4.88 Å². The number of alkyl halides is 1. The number of hydrogen-bond acceptors (Lipinski definition) is 1. The van der Waals surface area contributed by atoms with Gasteiger partial charge in [0.25, 0.3) is 0 Å². The molecule has 1 heterocycles. The molecule has 2 rings (SSSR count). The molecule has 0 aliphatic heterocycles. The van der Waals surface area contributed by atoms with Crippen LogP contribution in [0.5, 0.6) is 0 Å². The van der Waals surface area contributed by atoms with Gasteiger partial charge < -0.3 is 0 Å². The number of thiophene rings is 1. The lowest BCUT2D eigenvalue weighted by Gasteiger charge is -2.09. The van der Waals surface area contributed by atoms with E-state index in [1.807, 2.05) is 18.2 Å². The Morgan fingerprint density at radius 2 is 2.06 bits per heavy atom. The smallest absolute Gasteiger partial charge is 0.0939 e. The molecular weight excluding hydrogens is 454 g/mol. The van der Waals surface area contributed by atoms with Crippen molar-refractivity contribution in [3.8, 4) is 0 Å². The van der Waals surface area contributed by atoms with Crippen molar-refractivity contribution >= 4 is 73.1 Å². The molecule has 1 aromatic carbocycles. The van der Waals surface area contributed by atoms with Crippen LogP contribution in [0.3, 0.4) is 0 Å². The average Bonchev–Trinajstić information content (AvgIpc) is 2.61. The van der Waals surface area contributed by atoms with E-state index in [9.17, 15) is 0 Å². The van der Waals surface area contributed by atoms with E-state index in [0.717, 1.165) is 23.5 Å². The molecule has 0 saturated carbocycles. The summed E-state index contributed by atoms with van der Waals surface area (Å²) in [5.41, 5.74) is 1.03. The molecule has 1 aromatic heterocycles. The summed E-state index contributed by atoms with van der Waals surface area (Å²) in [5, 5.41) is 0.593. The summed E-state index contributed by atoms with van der Waals surface area (Å²) in [6.45, 7) is 2.07. The Hall–Kier alpha value is 0.710. The molecule has 0 amide bonds. The zero-order valence-electron chi connectivity index (χ0n) is 8.81. The fraction of sp³-hybridized carbons (Fsp3) is 0.167. The lowest BCUT2D eigenvalue weighted by Crippen LogP contribution is -1.91. The molecule has 90 valence electrons. The van der Waals surface area contributed by atoms with E-state index >= 15 is 0 Å². The third-order valence-corrected chi connectivity index (χ3v) is 6.51. The number of hydrogen-bond donors (Lipinski definition) is 0. The van der Waals surface area contributed by atoms with Gasteiger partial charge in [-0.3, -0.25) is 0 Å². The number of benzene rings is 1. The first-order valence-electron chi connectivity index (χ1n) is 4.84. The van der Waals surface area contributed by atoms with Crippen LogP contribution in [0.25, 0.3) is 0 Å². The van der Waals surface area contributed by atoms with Crippen LogP contribution in [0.2, 0.25) is 5.02 Å². The van der Waals surface area contributed by atoms with E-state index < -0.39 is 0 Å². The summed E-state index contributed by atoms with van der Waals surface area (Å²) < 4.78 is 2.10. The van der Waals surface area contributed by atoms with Gasteiger partial charge >= 0.3 is 0 Å². The van der Waals surface area contributed by atoms with Crippen LogP contribution in [-0.4, -0.2) is 0 Å². The minimum atomic E-state index is -0.155. The maximum atomic E-state index is 6.49. The van der Waals surface area contributed by atoms with Gasteiger partial charge in [-0.05, 0) is 69.2 Å². The molecule has 0 aliphatic rings. The van der Waals surface area contributed by atoms with Gasteiger partial charge in [0, 0.05) is 17.8 Å². The van der Waals surface area contributed by atoms with E-state index in [2.05, 4.69) is 51.5 Å². The Kier molecular flexibility index (Phi) is 4.80. The minimum absolute atomic E-state index is 0.155. The molecule has 0 bridgehead atoms.